The van der Waals surface area contributed by atoms with Crippen LogP contribution >= 0.6 is 23.4 Å². The maximum absolute atomic E-state index is 9.15. The van der Waals surface area contributed by atoms with E-state index in [4.69, 9.17) is 16.9 Å². The largest absolute Gasteiger partial charge is 0.300 e. The lowest BCUT2D eigenvalue weighted by Crippen LogP contribution is -2.40. The highest BCUT2D eigenvalue weighted by Crippen LogP contribution is 2.22. The summed E-state index contributed by atoms with van der Waals surface area (Å²) in [5.74, 6) is 1.08. The molecule has 0 aromatic heterocycles. The number of rotatable bonds is 8. The fourth-order valence-electron chi connectivity index (χ4n) is 1.88. The molecule has 0 aliphatic heterocycles. The summed E-state index contributed by atoms with van der Waals surface area (Å²) in [5, 5.41) is 13.2. The Morgan fingerprint density at radius 2 is 2.00 bits per heavy atom. The molecule has 1 aromatic rings. The second-order valence-corrected chi connectivity index (χ2v) is 6.34. The average Bonchev–Trinajstić information content (AvgIpc) is 2.41. The van der Waals surface area contributed by atoms with Gasteiger partial charge in [-0.1, -0.05) is 18.5 Å². The van der Waals surface area contributed by atoms with Crippen LogP contribution in [0.25, 0.3) is 0 Å². The molecule has 0 bridgehead atoms. The van der Waals surface area contributed by atoms with Crippen molar-refractivity contribution in [1.29, 1.82) is 5.26 Å². The Hall–Kier alpha value is -0.690. The van der Waals surface area contributed by atoms with Gasteiger partial charge in [0.15, 0.2) is 0 Å². The summed E-state index contributed by atoms with van der Waals surface area (Å²) >= 11 is 7.68. The molecule has 2 nitrogen and oxygen atoms in total. The topological polar surface area (TPSA) is 35.8 Å². The molecule has 0 aliphatic carbocycles. The van der Waals surface area contributed by atoms with Gasteiger partial charge in [0.1, 0.15) is 5.54 Å². The Kier molecular flexibility index (Phi) is 7.30. The summed E-state index contributed by atoms with van der Waals surface area (Å²) in [6.07, 6.45) is 3.09. The van der Waals surface area contributed by atoms with Crippen LogP contribution < -0.4 is 5.32 Å². The van der Waals surface area contributed by atoms with Gasteiger partial charge < -0.3 is 0 Å². The Labute approximate surface area is 125 Å². The minimum atomic E-state index is -0.375. The van der Waals surface area contributed by atoms with Gasteiger partial charge in [-0.3, -0.25) is 5.32 Å². The molecular formula is C15H21ClN2S. The molecule has 19 heavy (non-hydrogen) atoms. The molecule has 1 rings (SSSR count). The molecule has 1 atom stereocenters. The number of halogens is 1. The second-order valence-electron chi connectivity index (χ2n) is 4.73. The summed E-state index contributed by atoms with van der Waals surface area (Å²) < 4.78 is 0. The molecule has 1 aromatic carbocycles. The summed E-state index contributed by atoms with van der Waals surface area (Å²) in [6, 6.07) is 10.3. The lowest BCUT2D eigenvalue weighted by Gasteiger charge is -2.22. The van der Waals surface area contributed by atoms with Gasteiger partial charge in [-0.15, -0.1) is 11.8 Å². The molecule has 0 spiro atoms. The molecule has 0 radical (unpaired) electrons. The molecule has 4 heteroatoms. The van der Waals surface area contributed by atoms with Crippen molar-refractivity contribution in [3.05, 3.63) is 29.3 Å². The summed E-state index contributed by atoms with van der Waals surface area (Å²) in [5.41, 5.74) is -0.375. The van der Waals surface area contributed by atoms with Gasteiger partial charge in [-0.25, -0.2) is 0 Å². The molecule has 1 N–H and O–H groups in total. The predicted octanol–water partition coefficient (Wildman–Crippen LogP) is 4.49. The third kappa shape index (κ3) is 6.33. The number of nitrogens with zero attached hydrogens (tertiary/aromatic N) is 1. The van der Waals surface area contributed by atoms with Gasteiger partial charge in [0.05, 0.1) is 6.07 Å². The molecule has 0 amide bonds. The fourth-order valence-corrected chi connectivity index (χ4v) is 2.91. The van der Waals surface area contributed by atoms with Crippen LogP contribution in [0.4, 0.5) is 0 Å². The van der Waals surface area contributed by atoms with Gasteiger partial charge in [0, 0.05) is 9.92 Å². The lowest BCUT2D eigenvalue weighted by atomic mass is 9.97. The number of unbranched alkanes of at least 4 members (excludes halogenated alkanes) is 1. The van der Waals surface area contributed by atoms with Gasteiger partial charge in [0.25, 0.3) is 0 Å². The average molecular weight is 297 g/mol. The zero-order valence-electron chi connectivity index (χ0n) is 11.6. The zero-order chi connectivity index (χ0) is 14.1. The summed E-state index contributed by atoms with van der Waals surface area (Å²) in [6.45, 7) is 4.85. The first-order valence-corrected chi connectivity index (χ1v) is 8.00. The minimum Gasteiger partial charge on any atom is -0.300 e. The highest BCUT2D eigenvalue weighted by Gasteiger charge is 2.20. The zero-order valence-corrected chi connectivity index (χ0v) is 13.2. The minimum absolute atomic E-state index is 0.375. The van der Waals surface area contributed by atoms with E-state index in [1.807, 2.05) is 49.9 Å². The van der Waals surface area contributed by atoms with Crippen molar-refractivity contribution < 1.29 is 0 Å². The van der Waals surface area contributed by atoms with Crippen LogP contribution in [-0.4, -0.2) is 17.8 Å². The molecule has 0 saturated carbocycles. The molecule has 104 valence electrons. The van der Waals surface area contributed by atoms with E-state index in [0.29, 0.717) is 0 Å². The lowest BCUT2D eigenvalue weighted by molar-refractivity contribution is 0.415. The Balaban J connectivity index is 2.21. The van der Waals surface area contributed by atoms with Crippen molar-refractivity contribution >= 4 is 23.4 Å². The van der Waals surface area contributed by atoms with Gasteiger partial charge in [-0.2, -0.15) is 5.26 Å². The summed E-state index contributed by atoms with van der Waals surface area (Å²) in [4.78, 5) is 1.25. The Bertz CT molecular complexity index is 413. The molecule has 0 aliphatic rings. The molecule has 0 saturated heterocycles. The Morgan fingerprint density at radius 1 is 1.32 bits per heavy atom. The van der Waals surface area contributed by atoms with E-state index >= 15 is 0 Å². The van der Waals surface area contributed by atoms with Crippen molar-refractivity contribution in [2.24, 2.45) is 0 Å². The van der Waals surface area contributed by atoms with E-state index in [1.54, 1.807) is 0 Å². The van der Waals surface area contributed by atoms with Crippen LogP contribution in [0.3, 0.4) is 0 Å². The van der Waals surface area contributed by atoms with E-state index in [1.165, 1.54) is 4.90 Å². The van der Waals surface area contributed by atoms with Gasteiger partial charge >= 0.3 is 0 Å². The van der Waals surface area contributed by atoms with E-state index in [2.05, 4.69) is 11.4 Å². The first kappa shape index (κ1) is 16.4. The molecule has 1 unspecified atom stereocenters. The van der Waals surface area contributed by atoms with Crippen molar-refractivity contribution in [2.75, 3.05) is 12.3 Å². The number of hydrogen-bond acceptors (Lipinski definition) is 3. The quantitative estimate of drug-likeness (QED) is 0.567. The van der Waals surface area contributed by atoms with Crippen LogP contribution in [0.2, 0.25) is 5.02 Å². The predicted molar refractivity (Wildman–Crippen MR) is 83.7 cm³/mol. The van der Waals surface area contributed by atoms with Gasteiger partial charge in [0.2, 0.25) is 0 Å². The first-order valence-electron chi connectivity index (χ1n) is 6.64. The first-order chi connectivity index (χ1) is 9.09. The maximum Gasteiger partial charge on any atom is 0.103 e. The maximum atomic E-state index is 9.15. The summed E-state index contributed by atoms with van der Waals surface area (Å²) in [7, 11) is 0. The van der Waals surface area contributed by atoms with Crippen LogP contribution in [-0.2, 0) is 0 Å². The molecule has 0 fully saturated rings. The van der Waals surface area contributed by atoms with Crippen LogP contribution in [0.1, 0.15) is 33.1 Å². The highest BCUT2D eigenvalue weighted by atomic mass is 35.5. The third-order valence-electron chi connectivity index (χ3n) is 2.97. The smallest absolute Gasteiger partial charge is 0.103 e. The standard InChI is InChI=1S/C15H21ClN2S/c1-3-18-15(2,12-17)10-4-5-11-19-14-8-6-13(16)7-9-14/h6-9,18H,3-5,10-11H2,1-2H3. The highest BCUT2D eigenvalue weighted by molar-refractivity contribution is 7.99. The monoisotopic (exact) mass is 296 g/mol. The number of benzene rings is 1. The number of nitriles is 1. The Morgan fingerprint density at radius 3 is 2.58 bits per heavy atom. The fraction of sp³-hybridized carbons (Fsp3) is 0.533. The molecule has 0 heterocycles. The van der Waals surface area contributed by atoms with E-state index in [-0.39, 0.29) is 5.54 Å². The third-order valence-corrected chi connectivity index (χ3v) is 4.32. The van der Waals surface area contributed by atoms with Crippen molar-refractivity contribution in [3.63, 3.8) is 0 Å². The number of thioether (sulfide) groups is 1. The number of nitrogens with one attached hydrogen (secondary N) is 1. The van der Waals surface area contributed by atoms with Crippen molar-refractivity contribution in [3.8, 4) is 6.07 Å². The van der Waals surface area contributed by atoms with E-state index in [9.17, 15) is 0 Å². The van der Waals surface area contributed by atoms with Crippen molar-refractivity contribution in [1.82, 2.24) is 5.32 Å². The van der Waals surface area contributed by atoms with Crippen LogP contribution in [0, 0.1) is 11.3 Å². The number of hydrogen-bond donors (Lipinski definition) is 1. The normalized spacial score (nSPS) is 13.8. The van der Waals surface area contributed by atoms with E-state index < -0.39 is 0 Å². The molecular weight excluding hydrogens is 276 g/mol. The van der Waals surface area contributed by atoms with Crippen molar-refractivity contribution in [2.45, 2.75) is 43.5 Å². The van der Waals surface area contributed by atoms with E-state index in [0.717, 1.165) is 36.6 Å². The SMILES string of the molecule is CCNC(C)(C#N)CCCCSc1ccc(Cl)cc1. The second kappa shape index (κ2) is 8.47. The van der Waals surface area contributed by atoms with Crippen LogP contribution in [0.15, 0.2) is 29.2 Å². The van der Waals surface area contributed by atoms with Gasteiger partial charge in [-0.05, 0) is 62.7 Å². The van der Waals surface area contributed by atoms with Crippen LogP contribution in [0.5, 0.6) is 0 Å².